The fourth-order valence-corrected chi connectivity index (χ4v) is 1.82. The molecular formula is C9H17ClO. The van der Waals surface area contributed by atoms with Crippen molar-refractivity contribution in [3.05, 3.63) is 0 Å². The highest BCUT2D eigenvalue weighted by molar-refractivity contribution is 6.21. The molecule has 0 saturated carbocycles. The van der Waals surface area contributed by atoms with E-state index in [9.17, 15) is 0 Å². The Balaban J connectivity index is 2.15. The number of hydrogen-bond donors (Lipinski definition) is 0. The summed E-state index contributed by atoms with van der Waals surface area (Å²) < 4.78 is 5.23. The molecule has 1 heterocycles. The van der Waals surface area contributed by atoms with Crippen molar-refractivity contribution in [3.8, 4) is 0 Å². The highest BCUT2D eigenvalue weighted by Crippen LogP contribution is 2.36. The number of ether oxygens (including phenoxy) is 1. The van der Waals surface area contributed by atoms with E-state index in [1.807, 2.05) is 0 Å². The molecule has 0 radical (unpaired) electrons. The Morgan fingerprint density at radius 3 is 2.45 bits per heavy atom. The van der Waals surface area contributed by atoms with E-state index in [1.165, 1.54) is 25.7 Å². The van der Waals surface area contributed by atoms with E-state index in [0.29, 0.717) is 12.0 Å². The summed E-state index contributed by atoms with van der Waals surface area (Å²) in [5.74, 6) is 0.706. The number of epoxide rings is 1. The Hall–Kier alpha value is 0.250. The molecule has 0 N–H and O–H groups in total. The van der Waals surface area contributed by atoms with E-state index in [-0.39, 0.29) is 5.56 Å². The number of unbranched alkanes of at least 4 members (excludes halogenated alkanes) is 1. The molecule has 2 heteroatoms. The molecule has 3 atom stereocenters. The molecule has 1 nitrogen and oxygen atoms in total. The minimum absolute atomic E-state index is 0.0248. The molecule has 0 aromatic carbocycles. The average Bonchev–Trinajstić information content (AvgIpc) is 2.69. The minimum atomic E-state index is 0.0248. The lowest BCUT2D eigenvalue weighted by molar-refractivity contribution is 0.302. The highest BCUT2D eigenvalue weighted by Gasteiger charge is 2.41. The van der Waals surface area contributed by atoms with E-state index in [0.717, 1.165) is 0 Å². The lowest BCUT2D eigenvalue weighted by atomic mass is 9.96. The molecule has 1 aliphatic heterocycles. The standard InChI is InChI=1S/C9H17ClO/c1-3-5-6-7(4-2)8-9(10)11-8/h7-9H,3-6H2,1-2H3. The number of alkyl halides is 1. The Morgan fingerprint density at radius 1 is 1.45 bits per heavy atom. The van der Waals surface area contributed by atoms with Crippen molar-refractivity contribution in [1.82, 2.24) is 0 Å². The predicted octanol–water partition coefficient (Wildman–Crippen LogP) is 3.17. The van der Waals surface area contributed by atoms with Crippen molar-refractivity contribution in [2.75, 3.05) is 0 Å². The zero-order valence-corrected chi connectivity index (χ0v) is 8.10. The van der Waals surface area contributed by atoms with Gasteiger partial charge < -0.3 is 4.74 Å². The summed E-state index contributed by atoms with van der Waals surface area (Å²) in [6, 6.07) is 0. The Labute approximate surface area is 74.1 Å². The van der Waals surface area contributed by atoms with Crippen molar-refractivity contribution < 1.29 is 4.74 Å². The second-order valence-electron chi connectivity index (χ2n) is 3.26. The first kappa shape index (κ1) is 9.34. The zero-order valence-electron chi connectivity index (χ0n) is 7.35. The van der Waals surface area contributed by atoms with Crippen molar-refractivity contribution >= 4 is 11.6 Å². The molecule has 1 rings (SSSR count). The zero-order chi connectivity index (χ0) is 8.27. The summed E-state index contributed by atoms with van der Waals surface area (Å²) in [7, 11) is 0. The largest absolute Gasteiger partial charge is 0.352 e. The van der Waals surface area contributed by atoms with E-state index >= 15 is 0 Å². The monoisotopic (exact) mass is 176 g/mol. The second kappa shape index (κ2) is 4.32. The Bertz CT molecular complexity index is 116. The maximum atomic E-state index is 5.78. The van der Waals surface area contributed by atoms with Crippen LogP contribution < -0.4 is 0 Å². The summed E-state index contributed by atoms with van der Waals surface area (Å²) >= 11 is 5.78. The van der Waals surface area contributed by atoms with Gasteiger partial charge in [0.25, 0.3) is 0 Å². The molecule has 0 amide bonds. The minimum Gasteiger partial charge on any atom is -0.352 e. The maximum Gasteiger partial charge on any atom is 0.158 e. The van der Waals surface area contributed by atoms with Gasteiger partial charge in [-0.05, 0) is 12.3 Å². The van der Waals surface area contributed by atoms with Crippen LogP contribution in [0, 0.1) is 5.92 Å². The van der Waals surface area contributed by atoms with Gasteiger partial charge in [-0.25, -0.2) is 0 Å². The molecule has 1 saturated heterocycles. The maximum absolute atomic E-state index is 5.78. The van der Waals surface area contributed by atoms with Crippen LogP contribution in [0.4, 0.5) is 0 Å². The predicted molar refractivity (Wildman–Crippen MR) is 47.8 cm³/mol. The van der Waals surface area contributed by atoms with E-state index in [4.69, 9.17) is 16.3 Å². The van der Waals surface area contributed by atoms with Crippen LogP contribution in [0.3, 0.4) is 0 Å². The summed E-state index contributed by atoms with van der Waals surface area (Å²) in [6.45, 7) is 4.43. The van der Waals surface area contributed by atoms with Gasteiger partial charge >= 0.3 is 0 Å². The molecule has 0 bridgehead atoms. The summed E-state index contributed by atoms with van der Waals surface area (Å²) in [5.41, 5.74) is 0.0248. The quantitative estimate of drug-likeness (QED) is 0.463. The van der Waals surface area contributed by atoms with Crippen molar-refractivity contribution in [2.45, 2.75) is 51.2 Å². The van der Waals surface area contributed by atoms with Crippen molar-refractivity contribution in [3.63, 3.8) is 0 Å². The van der Waals surface area contributed by atoms with E-state index in [1.54, 1.807) is 0 Å². The molecule has 11 heavy (non-hydrogen) atoms. The number of hydrogen-bond acceptors (Lipinski definition) is 1. The lowest BCUT2D eigenvalue weighted by Crippen LogP contribution is -2.07. The molecule has 0 aliphatic carbocycles. The summed E-state index contributed by atoms with van der Waals surface area (Å²) in [4.78, 5) is 0. The summed E-state index contributed by atoms with van der Waals surface area (Å²) in [5, 5.41) is 0. The molecule has 0 spiro atoms. The van der Waals surface area contributed by atoms with Crippen molar-refractivity contribution in [1.29, 1.82) is 0 Å². The van der Waals surface area contributed by atoms with Crippen LogP contribution in [-0.4, -0.2) is 11.7 Å². The third-order valence-corrected chi connectivity index (χ3v) is 2.74. The van der Waals surface area contributed by atoms with E-state index < -0.39 is 0 Å². The average molecular weight is 177 g/mol. The lowest BCUT2D eigenvalue weighted by Gasteiger charge is -2.09. The van der Waals surface area contributed by atoms with Gasteiger partial charge in [0.15, 0.2) is 5.56 Å². The fraction of sp³-hybridized carbons (Fsp3) is 1.00. The van der Waals surface area contributed by atoms with E-state index in [2.05, 4.69) is 13.8 Å². The van der Waals surface area contributed by atoms with Crippen LogP contribution in [-0.2, 0) is 4.74 Å². The van der Waals surface area contributed by atoms with Gasteiger partial charge in [0.05, 0.1) is 0 Å². The van der Waals surface area contributed by atoms with Gasteiger partial charge in [-0.2, -0.15) is 0 Å². The molecule has 1 fully saturated rings. The summed E-state index contributed by atoms with van der Waals surface area (Å²) in [6.07, 6.45) is 5.43. The fourth-order valence-electron chi connectivity index (χ4n) is 1.50. The highest BCUT2D eigenvalue weighted by atomic mass is 35.5. The van der Waals surface area contributed by atoms with Crippen LogP contribution in [0.25, 0.3) is 0 Å². The third-order valence-electron chi connectivity index (χ3n) is 2.39. The van der Waals surface area contributed by atoms with Crippen molar-refractivity contribution in [2.24, 2.45) is 5.92 Å². The normalized spacial score (nSPS) is 31.9. The first-order valence-corrected chi connectivity index (χ1v) is 5.02. The molecule has 3 unspecified atom stereocenters. The first-order valence-electron chi connectivity index (χ1n) is 4.59. The van der Waals surface area contributed by atoms with Gasteiger partial charge in [-0.3, -0.25) is 0 Å². The SMILES string of the molecule is CCCCC(CC)C1OC1Cl. The number of rotatable bonds is 5. The number of halogens is 1. The van der Waals surface area contributed by atoms with Gasteiger partial charge in [0.1, 0.15) is 6.10 Å². The Morgan fingerprint density at radius 2 is 2.09 bits per heavy atom. The van der Waals surface area contributed by atoms with Gasteiger partial charge in [0, 0.05) is 0 Å². The second-order valence-corrected chi connectivity index (χ2v) is 3.69. The first-order chi connectivity index (χ1) is 5.29. The molecule has 66 valence electrons. The third kappa shape index (κ3) is 2.64. The van der Waals surface area contributed by atoms with Crippen LogP contribution in [0.5, 0.6) is 0 Å². The molecular weight excluding hydrogens is 160 g/mol. The van der Waals surface area contributed by atoms with Crippen LogP contribution in [0.1, 0.15) is 39.5 Å². The van der Waals surface area contributed by atoms with Crippen LogP contribution in [0.15, 0.2) is 0 Å². The molecule has 0 aromatic rings. The Kier molecular flexibility index (Phi) is 3.67. The molecule has 1 aliphatic rings. The van der Waals surface area contributed by atoms with Gasteiger partial charge in [0.2, 0.25) is 0 Å². The smallest absolute Gasteiger partial charge is 0.158 e. The van der Waals surface area contributed by atoms with Gasteiger partial charge in [-0.15, -0.1) is 0 Å². The van der Waals surface area contributed by atoms with Gasteiger partial charge in [-0.1, -0.05) is 44.7 Å². The molecule has 0 aromatic heterocycles. The topological polar surface area (TPSA) is 12.5 Å². The van der Waals surface area contributed by atoms with Crippen LogP contribution >= 0.6 is 11.6 Å². The van der Waals surface area contributed by atoms with Crippen LogP contribution in [0.2, 0.25) is 0 Å².